The molecule has 1 aromatic carbocycles. The lowest BCUT2D eigenvalue weighted by Gasteiger charge is -2.36. The minimum atomic E-state index is -0.344. The fourth-order valence-electron chi connectivity index (χ4n) is 4.64. The number of aromatic amines is 1. The van der Waals surface area contributed by atoms with Gasteiger partial charge in [0.1, 0.15) is 5.82 Å². The molecule has 1 aliphatic heterocycles. The minimum absolute atomic E-state index is 0.145. The Bertz CT molecular complexity index is 832. The standard InChI is InChI=1S/C22H29FN4O2/c23-17-5-2-4-16(12-17)21-20(13-24-26-21)22(29)25-18-6-1-3-15(11-18)14-27-9-7-19(28)8-10-27/h2,4-5,12-13,15,18-19,28H,1,3,6-11,14H2,(H,24,26)(H,25,29)/t15-,18-/m1/s1. The number of nitrogens with one attached hydrogen (secondary N) is 2. The molecule has 6 nitrogen and oxygen atoms in total. The summed E-state index contributed by atoms with van der Waals surface area (Å²) in [6.07, 6.45) is 7.32. The number of likely N-dealkylation sites (tertiary alicyclic amines) is 1. The molecule has 2 heterocycles. The van der Waals surface area contributed by atoms with Gasteiger partial charge in [0.15, 0.2) is 0 Å². The molecule has 1 saturated heterocycles. The molecule has 7 heteroatoms. The van der Waals surface area contributed by atoms with Crippen LogP contribution in [0.25, 0.3) is 11.3 Å². The summed E-state index contributed by atoms with van der Waals surface area (Å²) in [6.45, 7) is 2.96. The largest absolute Gasteiger partial charge is 0.393 e. The molecule has 2 fully saturated rings. The van der Waals surface area contributed by atoms with Crippen molar-refractivity contribution >= 4 is 5.91 Å². The van der Waals surface area contributed by atoms with Crippen molar-refractivity contribution in [2.75, 3.05) is 19.6 Å². The van der Waals surface area contributed by atoms with Crippen LogP contribution >= 0.6 is 0 Å². The van der Waals surface area contributed by atoms with Crippen molar-refractivity contribution in [2.24, 2.45) is 5.92 Å². The molecule has 4 rings (SSSR count). The highest BCUT2D eigenvalue weighted by Gasteiger charge is 2.27. The normalized spacial score (nSPS) is 23.8. The van der Waals surface area contributed by atoms with Crippen LogP contribution in [-0.2, 0) is 0 Å². The maximum absolute atomic E-state index is 13.6. The number of carbonyl (C=O) groups is 1. The Morgan fingerprint density at radius 1 is 1.28 bits per heavy atom. The van der Waals surface area contributed by atoms with E-state index in [9.17, 15) is 14.3 Å². The molecule has 29 heavy (non-hydrogen) atoms. The van der Waals surface area contributed by atoms with Gasteiger partial charge in [0.25, 0.3) is 5.91 Å². The zero-order chi connectivity index (χ0) is 20.2. The van der Waals surface area contributed by atoms with Crippen LogP contribution in [0.1, 0.15) is 48.9 Å². The molecule has 1 aliphatic carbocycles. The van der Waals surface area contributed by atoms with E-state index in [2.05, 4.69) is 20.4 Å². The zero-order valence-corrected chi connectivity index (χ0v) is 16.6. The van der Waals surface area contributed by atoms with E-state index in [0.717, 1.165) is 51.7 Å². The topological polar surface area (TPSA) is 81.2 Å². The third-order valence-electron chi connectivity index (χ3n) is 6.19. The van der Waals surface area contributed by atoms with Crippen molar-refractivity contribution in [2.45, 2.75) is 50.7 Å². The first-order valence-corrected chi connectivity index (χ1v) is 10.6. The number of benzene rings is 1. The predicted molar refractivity (Wildman–Crippen MR) is 109 cm³/mol. The summed E-state index contributed by atoms with van der Waals surface area (Å²) >= 11 is 0. The Morgan fingerprint density at radius 3 is 2.90 bits per heavy atom. The van der Waals surface area contributed by atoms with Crippen molar-refractivity contribution in [3.8, 4) is 11.3 Å². The third-order valence-corrected chi connectivity index (χ3v) is 6.19. The minimum Gasteiger partial charge on any atom is -0.393 e. The van der Waals surface area contributed by atoms with Crippen LogP contribution < -0.4 is 5.32 Å². The second-order valence-corrected chi connectivity index (χ2v) is 8.40. The highest BCUT2D eigenvalue weighted by Crippen LogP contribution is 2.27. The van der Waals surface area contributed by atoms with Gasteiger partial charge in [-0.2, -0.15) is 5.10 Å². The first kappa shape index (κ1) is 20.0. The number of carbonyl (C=O) groups excluding carboxylic acids is 1. The molecule has 0 spiro atoms. The molecule has 1 amide bonds. The lowest BCUT2D eigenvalue weighted by atomic mass is 9.85. The summed E-state index contributed by atoms with van der Waals surface area (Å²) in [4.78, 5) is 15.3. The van der Waals surface area contributed by atoms with Gasteiger partial charge in [-0.3, -0.25) is 9.89 Å². The van der Waals surface area contributed by atoms with Crippen molar-refractivity contribution in [3.05, 3.63) is 41.8 Å². The fourth-order valence-corrected chi connectivity index (χ4v) is 4.64. The Labute approximate surface area is 170 Å². The summed E-state index contributed by atoms with van der Waals surface area (Å²) in [7, 11) is 0. The van der Waals surface area contributed by atoms with Crippen molar-refractivity contribution in [3.63, 3.8) is 0 Å². The van der Waals surface area contributed by atoms with Gasteiger partial charge in [-0.05, 0) is 50.2 Å². The van der Waals surface area contributed by atoms with Crippen molar-refractivity contribution < 1.29 is 14.3 Å². The summed E-state index contributed by atoms with van der Waals surface area (Å²) in [5.74, 6) is 0.0601. The number of aliphatic hydroxyl groups excluding tert-OH is 1. The molecule has 3 N–H and O–H groups in total. The number of nitrogens with zero attached hydrogens (tertiary/aromatic N) is 2. The Hall–Kier alpha value is -2.25. The van der Waals surface area contributed by atoms with Gasteiger partial charge in [-0.25, -0.2) is 4.39 Å². The average Bonchev–Trinajstić information content (AvgIpc) is 3.20. The van der Waals surface area contributed by atoms with Crippen LogP contribution in [0.3, 0.4) is 0 Å². The predicted octanol–water partition coefficient (Wildman–Crippen LogP) is 2.96. The quantitative estimate of drug-likeness (QED) is 0.721. The second kappa shape index (κ2) is 9.05. The molecule has 0 radical (unpaired) electrons. The first-order chi connectivity index (χ1) is 14.1. The van der Waals surface area contributed by atoms with Crippen LogP contribution in [-0.4, -0.2) is 57.9 Å². The van der Waals surface area contributed by atoms with E-state index in [-0.39, 0.29) is 23.9 Å². The van der Waals surface area contributed by atoms with Gasteiger partial charge in [-0.15, -0.1) is 0 Å². The average molecular weight is 400 g/mol. The highest BCUT2D eigenvalue weighted by atomic mass is 19.1. The van der Waals surface area contributed by atoms with E-state index in [1.54, 1.807) is 12.1 Å². The van der Waals surface area contributed by atoms with Crippen molar-refractivity contribution in [1.29, 1.82) is 0 Å². The molecular weight excluding hydrogens is 371 g/mol. The molecule has 1 saturated carbocycles. The number of aromatic nitrogens is 2. The number of H-pyrrole nitrogens is 1. The zero-order valence-electron chi connectivity index (χ0n) is 16.6. The van der Waals surface area contributed by atoms with E-state index >= 15 is 0 Å². The van der Waals surface area contributed by atoms with Crippen LogP contribution in [0.15, 0.2) is 30.5 Å². The van der Waals surface area contributed by atoms with E-state index in [0.29, 0.717) is 22.7 Å². The van der Waals surface area contributed by atoms with Crippen molar-refractivity contribution in [1.82, 2.24) is 20.4 Å². The first-order valence-electron chi connectivity index (χ1n) is 10.6. The van der Waals surface area contributed by atoms with Crippen LogP contribution in [0.2, 0.25) is 0 Å². The third kappa shape index (κ3) is 5.03. The summed E-state index contributed by atoms with van der Waals surface area (Å²) < 4.78 is 13.6. The smallest absolute Gasteiger partial charge is 0.255 e. The molecule has 2 atom stereocenters. The van der Waals surface area contributed by atoms with Gasteiger partial charge < -0.3 is 15.3 Å². The van der Waals surface area contributed by atoms with Crippen LogP contribution in [0, 0.1) is 11.7 Å². The number of rotatable bonds is 5. The number of hydrogen-bond acceptors (Lipinski definition) is 4. The maximum Gasteiger partial charge on any atom is 0.255 e. The Kier molecular flexibility index (Phi) is 6.25. The Balaban J connectivity index is 1.36. The maximum atomic E-state index is 13.6. The summed E-state index contributed by atoms with van der Waals surface area (Å²) in [6, 6.07) is 6.31. The molecule has 2 aromatic rings. The second-order valence-electron chi connectivity index (χ2n) is 8.40. The van der Waals surface area contributed by atoms with E-state index in [4.69, 9.17) is 0 Å². The fraction of sp³-hybridized carbons (Fsp3) is 0.545. The van der Waals surface area contributed by atoms with Gasteiger partial charge in [-0.1, -0.05) is 18.6 Å². The summed E-state index contributed by atoms with van der Waals surface area (Å²) in [5, 5.41) is 19.7. The molecule has 0 bridgehead atoms. The van der Waals surface area contributed by atoms with Gasteiger partial charge in [0, 0.05) is 31.2 Å². The molecule has 2 aliphatic rings. The van der Waals surface area contributed by atoms with E-state index in [1.165, 1.54) is 24.8 Å². The number of amides is 1. The number of piperidine rings is 1. The Morgan fingerprint density at radius 2 is 2.10 bits per heavy atom. The SMILES string of the molecule is O=C(N[C@@H]1CCC[C@@H](CN2CCC(O)CC2)C1)c1cn[nH]c1-c1cccc(F)c1. The molecule has 156 valence electrons. The number of hydrogen-bond donors (Lipinski definition) is 3. The number of aliphatic hydroxyl groups is 1. The van der Waals surface area contributed by atoms with Gasteiger partial charge in [0.2, 0.25) is 0 Å². The van der Waals surface area contributed by atoms with Gasteiger partial charge >= 0.3 is 0 Å². The lowest BCUT2D eigenvalue weighted by Crippen LogP contribution is -2.43. The molecule has 1 aromatic heterocycles. The molecule has 0 unspecified atom stereocenters. The van der Waals surface area contributed by atoms with Gasteiger partial charge in [0.05, 0.1) is 23.6 Å². The highest BCUT2D eigenvalue weighted by molar-refractivity contribution is 5.99. The number of halogens is 1. The van der Waals surface area contributed by atoms with Crippen LogP contribution in [0.5, 0.6) is 0 Å². The van der Waals surface area contributed by atoms with Crippen LogP contribution in [0.4, 0.5) is 4.39 Å². The monoisotopic (exact) mass is 400 g/mol. The van der Waals surface area contributed by atoms with E-state index < -0.39 is 0 Å². The van der Waals surface area contributed by atoms with E-state index in [1.807, 2.05) is 0 Å². The lowest BCUT2D eigenvalue weighted by molar-refractivity contribution is 0.0679. The molecular formula is C22H29FN4O2. The summed E-state index contributed by atoms with van der Waals surface area (Å²) in [5.41, 5.74) is 1.60.